The van der Waals surface area contributed by atoms with Crippen LogP contribution in [0.15, 0.2) is 109 Å². The van der Waals surface area contributed by atoms with Crippen molar-refractivity contribution in [2.24, 2.45) is 0 Å². The summed E-state index contributed by atoms with van der Waals surface area (Å²) in [6.45, 7) is 9.84. The van der Waals surface area contributed by atoms with Crippen LogP contribution in [-0.4, -0.2) is 12.5 Å². The number of carbonyl (C=O) groups is 1. The molecule has 0 aromatic heterocycles. The maximum Gasteiger partial charge on any atom is 0.227 e. The third-order valence-electron chi connectivity index (χ3n) is 12.7. The van der Waals surface area contributed by atoms with Crippen LogP contribution in [-0.2, 0) is 10.2 Å². The molecule has 7 rings (SSSR count). The number of unbranched alkanes of at least 4 members (excludes halogenated alkanes) is 10. The maximum atomic E-state index is 12.5. The molecule has 292 valence electrons. The van der Waals surface area contributed by atoms with Gasteiger partial charge in [-0.3, -0.25) is 4.79 Å². The van der Waals surface area contributed by atoms with Gasteiger partial charge in [-0.1, -0.05) is 157 Å². The highest BCUT2D eigenvalue weighted by Gasteiger charge is 2.42. The van der Waals surface area contributed by atoms with Crippen LogP contribution in [0.3, 0.4) is 0 Å². The van der Waals surface area contributed by atoms with Crippen molar-refractivity contribution < 1.29 is 4.79 Å². The van der Waals surface area contributed by atoms with E-state index in [1.54, 1.807) is 11.1 Å². The molecule has 0 spiro atoms. The van der Waals surface area contributed by atoms with Crippen LogP contribution in [0.4, 0.5) is 22.7 Å². The number of carbonyl (C=O) groups excluding carboxylic acids is 1. The first-order chi connectivity index (χ1) is 27.4. The summed E-state index contributed by atoms with van der Waals surface area (Å²) in [5, 5.41) is 0. The molecule has 56 heavy (non-hydrogen) atoms. The van der Waals surface area contributed by atoms with E-state index in [4.69, 9.17) is 0 Å². The molecule has 1 fully saturated rings. The molecule has 1 saturated heterocycles. The van der Waals surface area contributed by atoms with Crippen LogP contribution >= 0.6 is 0 Å². The first-order valence-electron chi connectivity index (χ1n) is 22.1. The molecule has 0 N–H and O–H groups in total. The van der Waals surface area contributed by atoms with Crippen molar-refractivity contribution in [3.63, 3.8) is 0 Å². The highest BCUT2D eigenvalue weighted by Crippen LogP contribution is 2.55. The molecular formula is C53H64N2O. The predicted molar refractivity (Wildman–Crippen MR) is 240 cm³/mol. The standard InChI is InChI=1S/C53H64N2O/c1-5-7-9-11-13-15-35-53(36-16-14-12-10-8-6-2)50-38-41(4)21-33-48(50)49-34-24-43(39-51(49)53)42-22-27-46(28-23-42)55(45-25-19-40(3)20-26-45)47-31-29-44(30-32-47)54-37-17-18-52(54)56/h19-34,38-39H,5-18,35-37H2,1-4H3. The molecule has 1 amide bonds. The molecule has 5 aromatic carbocycles. The van der Waals surface area contributed by atoms with E-state index in [1.807, 2.05) is 4.90 Å². The monoisotopic (exact) mass is 745 g/mol. The van der Waals surface area contributed by atoms with Crippen molar-refractivity contribution in [2.75, 3.05) is 16.3 Å². The minimum atomic E-state index is 0.0657. The molecule has 0 bridgehead atoms. The minimum Gasteiger partial charge on any atom is -0.312 e. The van der Waals surface area contributed by atoms with Gasteiger partial charge < -0.3 is 9.80 Å². The number of hydrogen-bond acceptors (Lipinski definition) is 2. The van der Waals surface area contributed by atoms with Gasteiger partial charge in [-0.05, 0) is 121 Å². The predicted octanol–water partition coefficient (Wildman–Crippen LogP) is 15.3. The van der Waals surface area contributed by atoms with Crippen molar-refractivity contribution in [2.45, 2.75) is 136 Å². The Kier molecular flexibility index (Phi) is 13.1. The van der Waals surface area contributed by atoms with E-state index in [2.05, 4.69) is 142 Å². The Hall–Kier alpha value is -4.63. The summed E-state index contributed by atoms with van der Waals surface area (Å²) in [4.78, 5) is 16.7. The largest absolute Gasteiger partial charge is 0.312 e. The van der Waals surface area contributed by atoms with E-state index in [9.17, 15) is 4.79 Å². The molecule has 1 aliphatic carbocycles. The zero-order chi connectivity index (χ0) is 38.9. The second-order valence-corrected chi connectivity index (χ2v) is 16.8. The van der Waals surface area contributed by atoms with Crippen molar-refractivity contribution in [1.29, 1.82) is 0 Å². The number of amides is 1. The molecule has 1 aliphatic heterocycles. The van der Waals surface area contributed by atoms with Gasteiger partial charge in [0.15, 0.2) is 0 Å². The third-order valence-corrected chi connectivity index (χ3v) is 12.7. The lowest BCUT2D eigenvalue weighted by Gasteiger charge is -2.33. The molecule has 0 atom stereocenters. The lowest BCUT2D eigenvalue weighted by molar-refractivity contribution is -0.117. The summed E-state index contributed by atoms with van der Waals surface area (Å²) >= 11 is 0. The molecular weight excluding hydrogens is 681 g/mol. The zero-order valence-electron chi connectivity index (χ0n) is 34.7. The smallest absolute Gasteiger partial charge is 0.227 e. The van der Waals surface area contributed by atoms with Crippen LogP contribution in [0.5, 0.6) is 0 Å². The van der Waals surface area contributed by atoms with Crippen LogP contribution in [0.25, 0.3) is 22.3 Å². The number of nitrogens with zero attached hydrogens (tertiary/aromatic N) is 2. The summed E-state index contributed by atoms with van der Waals surface area (Å²) in [5.74, 6) is 0.219. The summed E-state index contributed by atoms with van der Waals surface area (Å²) in [6.07, 6.45) is 20.0. The van der Waals surface area contributed by atoms with Crippen LogP contribution in [0, 0.1) is 13.8 Å². The van der Waals surface area contributed by atoms with Crippen LogP contribution in [0.2, 0.25) is 0 Å². The number of benzene rings is 5. The summed E-state index contributed by atoms with van der Waals surface area (Å²) < 4.78 is 0. The fourth-order valence-corrected chi connectivity index (χ4v) is 9.51. The van der Waals surface area contributed by atoms with Gasteiger partial charge in [0.1, 0.15) is 0 Å². The summed E-state index contributed by atoms with van der Waals surface area (Å²) in [5.41, 5.74) is 15.6. The average Bonchev–Trinajstić information content (AvgIpc) is 3.77. The van der Waals surface area contributed by atoms with E-state index in [0.717, 1.165) is 35.7 Å². The summed E-state index contributed by atoms with van der Waals surface area (Å²) in [7, 11) is 0. The second kappa shape index (κ2) is 18.5. The van der Waals surface area contributed by atoms with Crippen LogP contribution < -0.4 is 9.80 Å². The SMILES string of the molecule is CCCCCCCCC1(CCCCCCCC)c2cc(C)ccc2-c2ccc(-c3ccc(N(c4ccc(C)cc4)c4ccc(N5CCCC5=O)cc4)cc3)cc21. The maximum absolute atomic E-state index is 12.5. The quantitative estimate of drug-likeness (QED) is 0.0786. The van der Waals surface area contributed by atoms with E-state index in [1.165, 1.54) is 123 Å². The molecule has 3 nitrogen and oxygen atoms in total. The number of hydrogen-bond donors (Lipinski definition) is 0. The Morgan fingerprint density at radius 3 is 1.59 bits per heavy atom. The molecule has 5 aromatic rings. The second-order valence-electron chi connectivity index (χ2n) is 16.8. The Morgan fingerprint density at radius 1 is 0.536 bits per heavy atom. The molecule has 3 heteroatoms. The van der Waals surface area contributed by atoms with Crippen LogP contribution in [0.1, 0.15) is 139 Å². The fraction of sp³-hybridized carbons (Fsp3) is 0.415. The number of fused-ring (bicyclic) bond motifs is 3. The van der Waals surface area contributed by atoms with Crippen molar-refractivity contribution in [3.8, 4) is 22.3 Å². The highest BCUT2D eigenvalue weighted by molar-refractivity contribution is 5.95. The van der Waals surface area contributed by atoms with Gasteiger partial charge in [0.05, 0.1) is 0 Å². The van der Waals surface area contributed by atoms with E-state index < -0.39 is 0 Å². The summed E-state index contributed by atoms with van der Waals surface area (Å²) in [6, 6.07) is 41.1. The Balaban J connectivity index is 1.21. The lowest BCUT2D eigenvalue weighted by atomic mass is 9.70. The van der Waals surface area contributed by atoms with Gasteiger partial charge in [-0.2, -0.15) is 0 Å². The molecule has 1 heterocycles. The minimum absolute atomic E-state index is 0.0657. The van der Waals surface area contributed by atoms with Crippen molar-refractivity contribution >= 4 is 28.7 Å². The number of anilines is 4. The Bertz CT molecular complexity index is 2030. The third kappa shape index (κ3) is 8.68. The van der Waals surface area contributed by atoms with Gasteiger partial charge in [-0.15, -0.1) is 0 Å². The first-order valence-corrected chi connectivity index (χ1v) is 22.1. The Morgan fingerprint density at radius 2 is 1.02 bits per heavy atom. The molecule has 0 radical (unpaired) electrons. The van der Waals surface area contributed by atoms with Gasteiger partial charge >= 0.3 is 0 Å². The van der Waals surface area contributed by atoms with E-state index in [-0.39, 0.29) is 11.3 Å². The Labute approximate surface area is 338 Å². The van der Waals surface area contributed by atoms with E-state index >= 15 is 0 Å². The average molecular weight is 745 g/mol. The van der Waals surface area contributed by atoms with Crippen molar-refractivity contribution in [1.82, 2.24) is 0 Å². The first kappa shape index (κ1) is 39.6. The topological polar surface area (TPSA) is 23.6 Å². The highest BCUT2D eigenvalue weighted by atomic mass is 16.2. The van der Waals surface area contributed by atoms with E-state index in [0.29, 0.717) is 6.42 Å². The lowest BCUT2D eigenvalue weighted by Crippen LogP contribution is -2.25. The number of aryl methyl sites for hydroxylation is 2. The normalized spacial score (nSPS) is 14.3. The zero-order valence-corrected chi connectivity index (χ0v) is 34.7. The molecule has 2 aliphatic rings. The van der Waals surface area contributed by atoms with Gasteiger partial charge in [-0.25, -0.2) is 0 Å². The van der Waals surface area contributed by atoms with Gasteiger partial charge in [0.25, 0.3) is 0 Å². The number of rotatable bonds is 19. The fourth-order valence-electron chi connectivity index (χ4n) is 9.51. The van der Waals surface area contributed by atoms with Gasteiger partial charge in [0, 0.05) is 41.1 Å². The van der Waals surface area contributed by atoms with Gasteiger partial charge in [0.2, 0.25) is 5.91 Å². The molecule has 0 unspecified atom stereocenters. The van der Waals surface area contributed by atoms with Crippen molar-refractivity contribution in [3.05, 3.63) is 131 Å². The molecule has 0 saturated carbocycles.